The minimum absolute atomic E-state index is 0.0822. The minimum Gasteiger partial charge on any atom is -0.353 e. The quantitative estimate of drug-likeness (QED) is 0.730. The van der Waals surface area contributed by atoms with Crippen molar-refractivity contribution in [3.05, 3.63) is 48.3 Å². The highest BCUT2D eigenvalue weighted by atomic mass is 16.2. The standard InChI is InChI=1S/C20H23N7O/c28-20(21-15-5-2-1-3-6-15)22-16-7-4-12-26(13-16)18-11-10-17-23-24-19(14-8-9-14)27(17)25-18/h1-3,5-6,10-11,14,16H,4,7-9,12-13H2,(H2,21,22,28). The van der Waals surface area contributed by atoms with E-state index in [-0.39, 0.29) is 12.1 Å². The summed E-state index contributed by atoms with van der Waals surface area (Å²) in [7, 11) is 0. The number of hydrogen-bond acceptors (Lipinski definition) is 5. The summed E-state index contributed by atoms with van der Waals surface area (Å²) in [6.07, 6.45) is 4.30. The zero-order valence-corrected chi connectivity index (χ0v) is 15.6. The average molecular weight is 377 g/mol. The van der Waals surface area contributed by atoms with Gasteiger partial charge in [-0.25, -0.2) is 4.79 Å². The molecule has 2 aliphatic rings. The number of nitrogens with zero attached hydrogens (tertiary/aromatic N) is 5. The Balaban J connectivity index is 1.27. The van der Waals surface area contributed by atoms with Crippen LogP contribution in [0.2, 0.25) is 0 Å². The van der Waals surface area contributed by atoms with Gasteiger partial charge in [0.25, 0.3) is 0 Å². The second kappa shape index (κ2) is 7.10. The molecule has 1 aromatic carbocycles. The predicted molar refractivity (Wildman–Crippen MR) is 107 cm³/mol. The first-order valence-electron chi connectivity index (χ1n) is 9.86. The van der Waals surface area contributed by atoms with Gasteiger partial charge < -0.3 is 15.5 Å². The van der Waals surface area contributed by atoms with Gasteiger partial charge in [-0.3, -0.25) is 0 Å². The fourth-order valence-corrected chi connectivity index (χ4v) is 3.74. The third-order valence-electron chi connectivity index (χ3n) is 5.33. The summed E-state index contributed by atoms with van der Waals surface area (Å²) in [5.74, 6) is 2.37. The molecule has 0 spiro atoms. The van der Waals surface area contributed by atoms with Gasteiger partial charge in [-0.1, -0.05) is 18.2 Å². The molecule has 8 nitrogen and oxygen atoms in total. The van der Waals surface area contributed by atoms with Gasteiger partial charge in [0.05, 0.1) is 0 Å². The Morgan fingerprint density at radius 1 is 1.04 bits per heavy atom. The molecule has 1 unspecified atom stereocenters. The lowest BCUT2D eigenvalue weighted by Crippen LogP contribution is -2.49. The van der Waals surface area contributed by atoms with Crippen molar-refractivity contribution in [2.24, 2.45) is 0 Å². The number of piperidine rings is 1. The van der Waals surface area contributed by atoms with Crippen molar-refractivity contribution in [3.63, 3.8) is 0 Å². The fraction of sp³-hybridized carbons (Fsp3) is 0.400. The number of anilines is 2. The lowest BCUT2D eigenvalue weighted by Gasteiger charge is -2.33. The molecule has 8 heteroatoms. The van der Waals surface area contributed by atoms with E-state index in [2.05, 4.69) is 25.7 Å². The zero-order chi connectivity index (χ0) is 18.9. The summed E-state index contributed by atoms with van der Waals surface area (Å²) in [6, 6.07) is 13.4. The maximum absolute atomic E-state index is 12.3. The van der Waals surface area contributed by atoms with Crippen molar-refractivity contribution >= 4 is 23.2 Å². The van der Waals surface area contributed by atoms with Crippen molar-refractivity contribution < 1.29 is 4.79 Å². The highest BCUT2D eigenvalue weighted by Gasteiger charge is 2.30. The van der Waals surface area contributed by atoms with Gasteiger partial charge in [-0.05, 0) is 49.9 Å². The Hall–Kier alpha value is -3.16. The van der Waals surface area contributed by atoms with Crippen molar-refractivity contribution in [1.29, 1.82) is 0 Å². The molecule has 2 N–H and O–H groups in total. The van der Waals surface area contributed by atoms with Crippen molar-refractivity contribution in [3.8, 4) is 0 Å². The van der Waals surface area contributed by atoms with E-state index in [0.717, 1.165) is 48.9 Å². The van der Waals surface area contributed by atoms with Crippen LogP contribution in [-0.2, 0) is 0 Å². The molecule has 2 fully saturated rings. The molecule has 5 rings (SSSR count). The molecule has 1 saturated heterocycles. The number of amides is 2. The summed E-state index contributed by atoms with van der Waals surface area (Å²) in [6.45, 7) is 1.67. The molecule has 3 heterocycles. The van der Waals surface area contributed by atoms with E-state index in [9.17, 15) is 4.79 Å². The van der Waals surface area contributed by atoms with Crippen LogP contribution in [0.4, 0.5) is 16.3 Å². The summed E-state index contributed by atoms with van der Waals surface area (Å²) in [5, 5.41) is 19.3. The van der Waals surface area contributed by atoms with E-state index in [0.29, 0.717) is 5.92 Å². The second-order valence-electron chi connectivity index (χ2n) is 7.54. The van der Waals surface area contributed by atoms with E-state index in [1.165, 1.54) is 12.8 Å². The van der Waals surface area contributed by atoms with Crippen LogP contribution < -0.4 is 15.5 Å². The van der Waals surface area contributed by atoms with E-state index in [1.807, 2.05) is 47.0 Å². The SMILES string of the molecule is O=C(Nc1ccccc1)NC1CCCN(c2ccc3nnc(C4CC4)n3n2)C1. The molecule has 1 saturated carbocycles. The van der Waals surface area contributed by atoms with Crippen LogP contribution >= 0.6 is 0 Å². The number of benzene rings is 1. The van der Waals surface area contributed by atoms with Crippen molar-refractivity contribution in [2.45, 2.75) is 37.6 Å². The van der Waals surface area contributed by atoms with Crippen molar-refractivity contribution in [1.82, 2.24) is 25.1 Å². The topological polar surface area (TPSA) is 87.5 Å². The molecular formula is C20H23N7O. The van der Waals surface area contributed by atoms with Crippen LogP contribution in [0.25, 0.3) is 5.65 Å². The van der Waals surface area contributed by atoms with Gasteiger partial charge in [-0.15, -0.1) is 15.3 Å². The Morgan fingerprint density at radius 2 is 1.89 bits per heavy atom. The van der Waals surface area contributed by atoms with E-state index in [1.54, 1.807) is 0 Å². The van der Waals surface area contributed by atoms with Gasteiger partial charge in [0, 0.05) is 30.7 Å². The largest absolute Gasteiger partial charge is 0.353 e. The van der Waals surface area contributed by atoms with Crippen LogP contribution in [0.15, 0.2) is 42.5 Å². The molecule has 1 aliphatic carbocycles. The molecule has 1 aliphatic heterocycles. The maximum Gasteiger partial charge on any atom is 0.319 e. The van der Waals surface area contributed by atoms with Crippen LogP contribution in [0.3, 0.4) is 0 Å². The number of aromatic nitrogens is 4. The van der Waals surface area contributed by atoms with Gasteiger partial charge in [-0.2, -0.15) is 4.52 Å². The Bertz CT molecular complexity index is 983. The number of carbonyl (C=O) groups is 1. The Morgan fingerprint density at radius 3 is 2.71 bits per heavy atom. The van der Waals surface area contributed by atoms with Gasteiger partial charge in [0.1, 0.15) is 5.82 Å². The van der Waals surface area contributed by atoms with Crippen LogP contribution in [-0.4, -0.2) is 45.0 Å². The number of carbonyl (C=O) groups excluding carboxylic acids is 1. The third kappa shape index (κ3) is 3.49. The molecule has 144 valence electrons. The van der Waals surface area contributed by atoms with Gasteiger partial charge in [0.15, 0.2) is 11.5 Å². The summed E-state index contributed by atoms with van der Waals surface area (Å²) >= 11 is 0. The molecule has 2 aromatic heterocycles. The Kier molecular flexibility index (Phi) is 4.31. The van der Waals surface area contributed by atoms with E-state index >= 15 is 0 Å². The number of rotatable bonds is 4. The summed E-state index contributed by atoms with van der Waals surface area (Å²) < 4.78 is 1.88. The Labute approximate surface area is 162 Å². The molecule has 2 amide bonds. The molecule has 28 heavy (non-hydrogen) atoms. The molecule has 0 bridgehead atoms. The van der Waals surface area contributed by atoms with Gasteiger partial charge in [0.2, 0.25) is 0 Å². The average Bonchev–Trinajstić information content (AvgIpc) is 3.47. The predicted octanol–water partition coefficient (Wildman–Crippen LogP) is 2.79. The summed E-state index contributed by atoms with van der Waals surface area (Å²) in [4.78, 5) is 14.5. The fourth-order valence-electron chi connectivity index (χ4n) is 3.74. The number of hydrogen-bond donors (Lipinski definition) is 2. The lowest BCUT2D eigenvalue weighted by molar-refractivity contribution is 0.246. The first kappa shape index (κ1) is 17.0. The first-order valence-corrected chi connectivity index (χ1v) is 9.86. The minimum atomic E-state index is -0.170. The monoisotopic (exact) mass is 377 g/mol. The normalized spacial score (nSPS) is 19.6. The zero-order valence-electron chi connectivity index (χ0n) is 15.6. The van der Waals surface area contributed by atoms with Crippen molar-refractivity contribution in [2.75, 3.05) is 23.3 Å². The molecule has 3 aromatic rings. The number of nitrogens with one attached hydrogen (secondary N) is 2. The maximum atomic E-state index is 12.3. The number of urea groups is 1. The highest BCUT2D eigenvalue weighted by molar-refractivity contribution is 5.89. The summed E-state index contributed by atoms with van der Waals surface area (Å²) in [5.41, 5.74) is 1.58. The van der Waals surface area contributed by atoms with Crippen LogP contribution in [0.1, 0.15) is 37.4 Å². The second-order valence-corrected chi connectivity index (χ2v) is 7.54. The number of fused-ring (bicyclic) bond motifs is 1. The molecule has 1 atom stereocenters. The van der Waals surface area contributed by atoms with E-state index in [4.69, 9.17) is 5.10 Å². The smallest absolute Gasteiger partial charge is 0.319 e. The van der Waals surface area contributed by atoms with Gasteiger partial charge >= 0.3 is 6.03 Å². The number of para-hydroxylation sites is 1. The molecule has 0 radical (unpaired) electrons. The highest BCUT2D eigenvalue weighted by Crippen LogP contribution is 2.38. The van der Waals surface area contributed by atoms with Crippen LogP contribution in [0.5, 0.6) is 0 Å². The molecular weight excluding hydrogens is 354 g/mol. The third-order valence-corrected chi connectivity index (χ3v) is 5.33. The first-order chi connectivity index (χ1) is 13.8. The van der Waals surface area contributed by atoms with Crippen LogP contribution in [0, 0.1) is 0 Å². The van der Waals surface area contributed by atoms with E-state index < -0.39 is 0 Å². The lowest BCUT2D eigenvalue weighted by atomic mass is 10.1.